The molecular formula is C27H30FN7O6. The molecule has 4 heterocycles. The van der Waals surface area contributed by atoms with Crippen molar-refractivity contribution in [2.75, 3.05) is 51.9 Å². The number of amides is 1. The van der Waals surface area contributed by atoms with Gasteiger partial charge in [-0.3, -0.25) is 19.6 Å². The van der Waals surface area contributed by atoms with Gasteiger partial charge in [0, 0.05) is 29.9 Å². The van der Waals surface area contributed by atoms with Gasteiger partial charge >= 0.3 is 12.1 Å². The van der Waals surface area contributed by atoms with E-state index in [4.69, 9.17) is 19.0 Å². The van der Waals surface area contributed by atoms with Gasteiger partial charge in [-0.2, -0.15) is 0 Å². The third kappa shape index (κ3) is 7.21. The number of carbonyl (C=O) groups excluding carboxylic acids is 2. The summed E-state index contributed by atoms with van der Waals surface area (Å²) >= 11 is 0. The van der Waals surface area contributed by atoms with Crippen molar-refractivity contribution >= 4 is 23.5 Å². The molecule has 2 atom stereocenters. The number of anilines is 1. The summed E-state index contributed by atoms with van der Waals surface area (Å²) in [4.78, 5) is 36.9. The van der Waals surface area contributed by atoms with Gasteiger partial charge in [0.1, 0.15) is 24.2 Å². The van der Waals surface area contributed by atoms with Gasteiger partial charge < -0.3 is 19.0 Å². The molecule has 2 aliphatic rings. The molecule has 216 valence electrons. The van der Waals surface area contributed by atoms with Crippen LogP contribution in [0.2, 0.25) is 0 Å². The molecular weight excluding hydrogens is 537 g/mol. The summed E-state index contributed by atoms with van der Waals surface area (Å²) < 4.78 is 32.7. The lowest BCUT2D eigenvalue weighted by atomic mass is 10.0. The molecule has 2 aromatic heterocycles. The quantitative estimate of drug-likeness (QED) is 0.237. The third-order valence-corrected chi connectivity index (χ3v) is 6.34. The van der Waals surface area contributed by atoms with E-state index in [2.05, 4.69) is 20.5 Å². The number of esters is 1. The van der Waals surface area contributed by atoms with E-state index in [0.29, 0.717) is 47.8 Å². The minimum Gasteiger partial charge on any atom is -0.462 e. The number of rotatable bonds is 12. The summed E-state index contributed by atoms with van der Waals surface area (Å²) in [6.07, 6.45) is 4.06. The molecule has 0 unspecified atom stereocenters. The monoisotopic (exact) mass is 567 g/mol. The van der Waals surface area contributed by atoms with E-state index in [1.54, 1.807) is 66.5 Å². The van der Waals surface area contributed by atoms with Crippen LogP contribution in [0.4, 0.5) is 14.9 Å². The van der Waals surface area contributed by atoms with Crippen LogP contribution in [0.5, 0.6) is 0 Å². The Bertz CT molecular complexity index is 1380. The Morgan fingerprint density at radius 1 is 1.20 bits per heavy atom. The number of carbonyl (C=O) groups is 2. The zero-order chi connectivity index (χ0) is 28.8. The van der Waals surface area contributed by atoms with Crippen molar-refractivity contribution < 1.29 is 33.0 Å². The number of likely N-dealkylation sites (N-methyl/N-ethyl adjacent to an activating group) is 1. The Morgan fingerprint density at radius 3 is 2.80 bits per heavy atom. The van der Waals surface area contributed by atoms with Gasteiger partial charge in [-0.15, -0.1) is 5.10 Å². The maximum Gasteiger partial charge on any atom is 0.414 e. The summed E-state index contributed by atoms with van der Waals surface area (Å²) in [6.45, 7) is 1.57. The second-order valence-corrected chi connectivity index (χ2v) is 9.84. The van der Waals surface area contributed by atoms with Gasteiger partial charge in [0.15, 0.2) is 6.10 Å². The number of hydrogen-bond acceptors (Lipinski definition) is 11. The topological polar surface area (TPSA) is 134 Å². The molecule has 0 aliphatic carbocycles. The number of hydrogen-bond donors (Lipinski definition) is 0. The van der Waals surface area contributed by atoms with Crippen LogP contribution in [0.3, 0.4) is 0 Å². The molecule has 0 spiro atoms. The smallest absolute Gasteiger partial charge is 0.414 e. The number of aromatic nitrogens is 4. The van der Waals surface area contributed by atoms with Crippen molar-refractivity contribution in [1.29, 1.82) is 0 Å². The van der Waals surface area contributed by atoms with Crippen LogP contribution in [-0.2, 0) is 30.4 Å². The fraction of sp³-hybridized carbons (Fsp3) is 0.407. The van der Waals surface area contributed by atoms with Crippen molar-refractivity contribution in [1.82, 2.24) is 24.9 Å². The van der Waals surface area contributed by atoms with Crippen molar-refractivity contribution in [3.63, 3.8) is 0 Å². The molecule has 3 aromatic rings. The van der Waals surface area contributed by atoms with Gasteiger partial charge in [0.25, 0.3) is 0 Å². The second kappa shape index (κ2) is 12.8. The lowest BCUT2D eigenvalue weighted by molar-refractivity contribution is -0.146. The first-order valence-electron chi connectivity index (χ1n) is 13.0. The molecule has 1 saturated heterocycles. The Hall–Kier alpha value is -4.43. The average Bonchev–Trinajstić information content (AvgIpc) is 3.70. The van der Waals surface area contributed by atoms with E-state index in [0.717, 1.165) is 0 Å². The largest absolute Gasteiger partial charge is 0.462 e. The lowest BCUT2D eigenvalue weighted by Crippen LogP contribution is -2.26. The number of cyclic esters (lactones) is 1. The summed E-state index contributed by atoms with van der Waals surface area (Å²) in [5, 5.41) is 11.7. The van der Waals surface area contributed by atoms with Gasteiger partial charge in [-0.1, -0.05) is 16.4 Å². The Balaban J connectivity index is 1.11. The normalized spacial score (nSPS) is 18.4. The third-order valence-electron chi connectivity index (χ3n) is 6.34. The Kier molecular flexibility index (Phi) is 8.79. The predicted octanol–water partition coefficient (Wildman–Crippen LogP) is 2.12. The number of ether oxygens (including phenoxy) is 3. The minimum absolute atomic E-state index is 0.167. The molecule has 1 aromatic carbocycles. The van der Waals surface area contributed by atoms with Crippen LogP contribution in [0.1, 0.15) is 12.1 Å². The number of benzene rings is 1. The molecule has 2 aliphatic heterocycles. The van der Waals surface area contributed by atoms with E-state index < -0.39 is 18.0 Å². The first kappa shape index (κ1) is 28.1. The Morgan fingerprint density at radius 2 is 2.07 bits per heavy atom. The first-order valence-corrected chi connectivity index (χ1v) is 13.0. The van der Waals surface area contributed by atoms with E-state index in [9.17, 15) is 9.59 Å². The van der Waals surface area contributed by atoms with E-state index >= 15 is 4.39 Å². The van der Waals surface area contributed by atoms with Crippen molar-refractivity contribution in [3.05, 3.63) is 60.4 Å². The minimum atomic E-state index is -0.542. The standard InChI is InChI=1S/C27H30FN7O6/c1-33(2)16-26(36)39-10-9-38-17-20-12-25(31-41-20)24-6-3-18(13-29-24)22-5-4-19(11-23(22)28)35-15-21(40-27(35)37)14-34-8-7-30-32-34/h3-8,11,13,20-21H,9-10,12,14-17H2,1-2H3/t20-,21-/m0/s1. The fourth-order valence-corrected chi connectivity index (χ4v) is 4.40. The molecule has 14 heteroatoms. The van der Waals surface area contributed by atoms with Crippen molar-refractivity contribution in [2.24, 2.45) is 5.16 Å². The zero-order valence-electron chi connectivity index (χ0n) is 22.7. The van der Waals surface area contributed by atoms with Crippen molar-refractivity contribution in [2.45, 2.75) is 25.2 Å². The molecule has 0 radical (unpaired) electrons. The highest BCUT2D eigenvalue weighted by molar-refractivity contribution is 5.99. The molecule has 0 N–H and O–H groups in total. The number of nitrogens with zero attached hydrogens (tertiary/aromatic N) is 7. The van der Waals surface area contributed by atoms with Gasteiger partial charge in [0.2, 0.25) is 0 Å². The van der Waals surface area contributed by atoms with Crippen LogP contribution >= 0.6 is 0 Å². The number of halogens is 1. The van der Waals surface area contributed by atoms with Crippen LogP contribution in [-0.4, -0.2) is 102 Å². The maximum absolute atomic E-state index is 15.1. The number of pyridine rings is 1. The average molecular weight is 568 g/mol. The molecule has 41 heavy (non-hydrogen) atoms. The highest BCUT2D eigenvalue weighted by Crippen LogP contribution is 2.29. The van der Waals surface area contributed by atoms with Gasteiger partial charge in [-0.05, 0) is 38.4 Å². The number of oxime groups is 1. The molecule has 13 nitrogen and oxygen atoms in total. The van der Waals surface area contributed by atoms with Gasteiger partial charge in [0.05, 0.1) is 50.4 Å². The SMILES string of the molecule is CN(C)CC(=O)OCCOC[C@@H]1CC(c2ccc(-c3ccc(N4C[C@H](Cn5ccnn5)OC4=O)cc3F)cn2)=NO1. The summed E-state index contributed by atoms with van der Waals surface area (Å²) in [5.41, 5.74) is 2.60. The second-order valence-electron chi connectivity index (χ2n) is 9.84. The lowest BCUT2D eigenvalue weighted by Gasteiger charge is -2.14. The van der Waals surface area contributed by atoms with Crippen molar-refractivity contribution in [3.8, 4) is 11.1 Å². The molecule has 0 bridgehead atoms. The van der Waals surface area contributed by atoms with E-state index in [-0.39, 0.29) is 38.4 Å². The maximum atomic E-state index is 15.1. The fourth-order valence-electron chi connectivity index (χ4n) is 4.40. The highest BCUT2D eigenvalue weighted by atomic mass is 19.1. The first-order chi connectivity index (χ1) is 19.9. The van der Waals surface area contributed by atoms with Crippen LogP contribution in [0.15, 0.2) is 54.1 Å². The highest BCUT2D eigenvalue weighted by Gasteiger charge is 2.33. The summed E-state index contributed by atoms with van der Waals surface area (Å²) in [7, 11) is 3.58. The molecule has 1 fully saturated rings. The van der Waals surface area contributed by atoms with Crippen LogP contribution in [0.25, 0.3) is 11.1 Å². The van der Waals surface area contributed by atoms with Gasteiger partial charge in [-0.25, -0.2) is 13.9 Å². The summed E-state index contributed by atoms with van der Waals surface area (Å²) in [6, 6.07) is 8.11. The summed E-state index contributed by atoms with van der Waals surface area (Å²) in [5.74, 6) is -0.799. The molecule has 0 saturated carbocycles. The van der Waals surface area contributed by atoms with Crippen LogP contribution < -0.4 is 4.90 Å². The predicted molar refractivity (Wildman–Crippen MR) is 144 cm³/mol. The van der Waals surface area contributed by atoms with Crippen LogP contribution in [0, 0.1) is 5.82 Å². The van der Waals surface area contributed by atoms with E-state index in [1.165, 1.54) is 11.0 Å². The van der Waals surface area contributed by atoms with E-state index in [1.807, 2.05) is 0 Å². The molecule has 1 amide bonds. The zero-order valence-corrected chi connectivity index (χ0v) is 22.7. The molecule has 5 rings (SSSR count). The Labute approximate surface area is 235 Å².